The molecule has 1 saturated carbocycles. The van der Waals surface area contributed by atoms with Crippen LogP contribution in [0.5, 0.6) is 5.75 Å². The van der Waals surface area contributed by atoms with Crippen LogP contribution in [0.4, 0.5) is 5.69 Å². The Morgan fingerprint density at radius 3 is 2.71 bits per heavy atom. The molecule has 1 fully saturated rings. The summed E-state index contributed by atoms with van der Waals surface area (Å²) in [5, 5.41) is 12.5. The number of hydrogen-bond donors (Lipinski definition) is 3. The molecule has 0 aromatic heterocycles. The van der Waals surface area contributed by atoms with Crippen molar-refractivity contribution in [3.8, 4) is 5.75 Å². The highest BCUT2D eigenvalue weighted by molar-refractivity contribution is 6.38. The van der Waals surface area contributed by atoms with E-state index in [0.29, 0.717) is 12.5 Å². The molecule has 0 bridgehead atoms. The summed E-state index contributed by atoms with van der Waals surface area (Å²) >= 11 is 11.6. The molecule has 0 aliphatic heterocycles. The second-order valence-corrected chi connectivity index (χ2v) is 4.95. The van der Waals surface area contributed by atoms with E-state index in [2.05, 4.69) is 5.32 Å². The lowest BCUT2D eigenvalue weighted by Gasteiger charge is -2.11. The molecule has 0 spiro atoms. The van der Waals surface area contributed by atoms with Gasteiger partial charge in [0, 0.05) is 6.54 Å². The highest BCUT2D eigenvalue weighted by atomic mass is 35.5. The predicted molar refractivity (Wildman–Crippen MR) is 67.6 cm³/mol. The molecule has 4 nitrogen and oxygen atoms in total. The number of rotatable bonds is 3. The molecule has 0 atom stereocenters. The van der Waals surface area contributed by atoms with Crippen LogP contribution in [-0.2, 0) is 0 Å². The van der Waals surface area contributed by atoms with Gasteiger partial charge in [-0.1, -0.05) is 23.2 Å². The van der Waals surface area contributed by atoms with Crippen LogP contribution in [0.3, 0.4) is 0 Å². The Morgan fingerprint density at radius 1 is 1.47 bits per heavy atom. The number of halogens is 2. The van der Waals surface area contributed by atoms with Crippen LogP contribution < -0.4 is 11.1 Å². The molecule has 1 aromatic rings. The van der Waals surface area contributed by atoms with E-state index in [-0.39, 0.29) is 33.0 Å². The Kier molecular flexibility index (Phi) is 3.35. The number of nitrogens with one attached hydrogen (secondary N) is 1. The van der Waals surface area contributed by atoms with Gasteiger partial charge in [0.15, 0.2) is 5.75 Å². The minimum atomic E-state index is -0.383. The SMILES string of the molecule is Nc1c(O)c(Cl)cc(Cl)c1C(=O)NCC1CC1. The maximum Gasteiger partial charge on any atom is 0.255 e. The third-order valence-electron chi connectivity index (χ3n) is 2.72. The van der Waals surface area contributed by atoms with Crippen molar-refractivity contribution < 1.29 is 9.90 Å². The van der Waals surface area contributed by atoms with Gasteiger partial charge in [0.1, 0.15) is 0 Å². The number of hydrogen-bond acceptors (Lipinski definition) is 3. The molecular formula is C11H12Cl2N2O2. The number of benzene rings is 1. The van der Waals surface area contributed by atoms with E-state index in [1.807, 2.05) is 0 Å². The summed E-state index contributed by atoms with van der Waals surface area (Å²) in [4.78, 5) is 11.9. The molecule has 92 valence electrons. The number of phenolic OH excluding ortho intramolecular Hbond substituents is 1. The molecular weight excluding hydrogens is 263 g/mol. The lowest BCUT2D eigenvalue weighted by Crippen LogP contribution is -2.26. The van der Waals surface area contributed by atoms with Gasteiger partial charge in [0.2, 0.25) is 0 Å². The first-order valence-electron chi connectivity index (χ1n) is 5.25. The van der Waals surface area contributed by atoms with Gasteiger partial charge in [-0.05, 0) is 24.8 Å². The van der Waals surface area contributed by atoms with Gasteiger partial charge in [-0.3, -0.25) is 4.79 Å². The van der Waals surface area contributed by atoms with E-state index in [1.165, 1.54) is 6.07 Å². The minimum absolute atomic E-state index is 0.0336. The number of carbonyl (C=O) groups is 1. The fourth-order valence-electron chi connectivity index (χ4n) is 1.51. The highest BCUT2D eigenvalue weighted by Crippen LogP contribution is 2.37. The third kappa shape index (κ3) is 2.58. The zero-order valence-electron chi connectivity index (χ0n) is 8.96. The van der Waals surface area contributed by atoms with Crippen LogP contribution >= 0.6 is 23.2 Å². The fraction of sp³-hybridized carbons (Fsp3) is 0.364. The molecule has 6 heteroatoms. The second-order valence-electron chi connectivity index (χ2n) is 4.13. The van der Waals surface area contributed by atoms with E-state index in [1.54, 1.807) is 0 Å². The van der Waals surface area contributed by atoms with Crippen LogP contribution in [0.25, 0.3) is 0 Å². The Hall–Kier alpha value is -1.13. The second kappa shape index (κ2) is 4.63. The molecule has 17 heavy (non-hydrogen) atoms. The largest absolute Gasteiger partial charge is 0.504 e. The average Bonchev–Trinajstić information content (AvgIpc) is 3.07. The van der Waals surface area contributed by atoms with Crippen molar-refractivity contribution >= 4 is 34.8 Å². The summed E-state index contributed by atoms with van der Waals surface area (Å²) in [7, 11) is 0. The standard InChI is InChI=1S/C11H12Cl2N2O2/c12-6-3-7(13)10(16)9(14)8(6)11(17)15-4-5-1-2-5/h3,5,16H,1-2,4,14H2,(H,15,17). The minimum Gasteiger partial charge on any atom is -0.504 e. The Labute approximate surface area is 109 Å². The molecule has 0 saturated heterocycles. The third-order valence-corrected chi connectivity index (χ3v) is 3.30. The van der Waals surface area contributed by atoms with E-state index in [9.17, 15) is 9.90 Å². The lowest BCUT2D eigenvalue weighted by atomic mass is 10.1. The molecule has 1 aliphatic rings. The van der Waals surface area contributed by atoms with Gasteiger partial charge in [-0.2, -0.15) is 0 Å². The maximum absolute atomic E-state index is 11.9. The first-order chi connectivity index (χ1) is 8.00. The Balaban J connectivity index is 2.23. The smallest absolute Gasteiger partial charge is 0.255 e. The van der Waals surface area contributed by atoms with Crippen molar-refractivity contribution in [2.45, 2.75) is 12.8 Å². The molecule has 1 amide bonds. The summed E-state index contributed by atoms with van der Waals surface area (Å²) in [5.74, 6) is -0.140. The molecule has 0 heterocycles. The highest BCUT2D eigenvalue weighted by Gasteiger charge is 2.24. The van der Waals surface area contributed by atoms with E-state index >= 15 is 0 Å². The van der Waals surface area contributed by atoms with Gasteiger partial charge in [0.05, 0.1) is 21.3 Å². The van der Waals surface area contributed by atoms with Crippen LogP contribution in [-0.4, -0.2) is 17.6 Å². The normalized spacial score (nSPS) is 14.7. The number of anilines is 1. The molecule has 2 rings (SSSR count). The van der Waals surface area contributed by atoms with Crippen molar-refractivity contribution in [3.05, 3.63) is 21.7 Å². The van der Waals surface area contributed by atoms with Crippen molar-refractivity contribution in [1.29, 1.82) is 0 Å². The quantitative estimate of drug-likeness (QED) is 0.585. The average molecular weight is 275 g/mol. The van der Waals surface area contributed by atoms with Gasteiger partial charge >= 0.3 is 0 Å². The zero-order chi connectivity index (χ0) is 12.6. The Bertz CT molecular complexity index is 473. The summed E-state index contributed by atoms with van der Waals surface area (Å²) in [5.41, 5.74) is 5.62. The molecule has 0 unspecified atom stereocenters. The molecule has 4 N–H and O–H groups in total. The zero-order valence-corrected chi connectivity index (χ0v) is 10.5. The van der Waals surface area contributed by atoms with Crippen LogP contribution in [0, 0.1) is 5.92 Å². The number of phenols is 1. The predicted octanol–water partition coefficient (Wildman–Crippen LogP) is 2.42. The number of carbonyl (C=O) groups excluding carboxylic acids is 1. The summed E-state index contributed by atoms with van der Waals surface area (Å²) < 4.78 is 0. The van der Waals surface area contributed by atoms with Gasteiger partial charge in [-0.25, -0.2) is 0 Å². The maximum atomic E-state index is 11.9. The van der Waals surface area contributed by atoms with Gasteiger partial charge in [-0.15, -0.1) is 0 Å². The first-order valence-corrected chi connectivity index (χ1v) is 6.01. The topological polar surface area (TPSA) is 75.3 Å². The van der Waals surface area contributed by atoms with E-state index < -0.39 is 0 Å². The summed E-state index contributed by atoms with van der Waals surface area (Å²) in [6, 6.07) is 1.31. The van der Waals surface area contributed by atoms with Crippen LogP contribution in [0.2, 0.25) is 10.0 Å². The van der Waals surface area contributed by atoms with Gasteiger partial charge in [0.25, 0.3) is 5.91 Å². The summed E-state index contributed by atoms with van der Waals surface area (Å²) in [6.07, 6.45) is 2.27. The Morgan fingerprint density at radius 2 is 2.12 bits per heavy atom. The number of nitrogens with two attached hydrogens (primary N) is 1. The van der Waals surface area contributed by atoms with Crippen LogP contribution in [0.1, 0.15) is 23.2 Å². The number of aromatic hydroxyl groups is 1. The first kappa shape index (κ1) is 12.3. The molecule has 1 aliphatic carbocycles. The number of nitrogen functional groups attached to an aromatic ring is 1. The lowest BCUT2D eigenvalue weighted by molar-refractivity contribution is 0.0952. The van der Waals surface area contributed by atoms with Crippen LogP contribution in [0.15, 0.2) is 6.07 Å². The number of amides is 1. The monoisotopic (exact) mass is 274 g/mol. The van der Waals surface area contributed by atoms with Gasteiger partial charge < -0.3 is 16.2 Å². The fourth-order valence-corrected chi connectivity index (χ4v) is 2.07. The van der Waals surface area contributed by atoms with E-state index in [4.69, 9.17) is 28.9 Å². The van der Waals surface area contributed by atoms with Crippen molar-refractivity contribution in [2.24, 2.45) is 5.92 Å². The van der Waals surface area contributed by atoms with Crippen molar-refractivity contribution in [2.75, 3.05) is 12.3 Å². The molecule has 1 aromatic carbocycles. The summed E-state index contributed by atoms with van der Waals surface area (Å²) in [6.45, 7) is 0.609. The molecule has 0 radical (unpaired) electrons. The van der Waals surface area contributed by atoms with Crippen molar-refractivity contribution in [1.82, 2.24) is 5.32 Å². The van der Waals surface area contributed by atoms with E-state index in [0.717, 1.165) is 12.8 Å². The van der Waals surface area contributed by atoms with Crippen molar-refractivity contribution in [3.63, 3.8) is 0 Å².